The van der Waals surface area contributed by atoms with E-state index in [-0.39, 0.29) is 18.0 Å². The maximum Gasteiger partial charge on any atom is 0.295 e. The van der Waals surface area contributed by atoms with Crippen molar-refractivity contribution in [1.82, 2.24) is 19.9 Å². The van der Waals surface area contributed by atoms with E-state index in [1.165, 1.54) is 18.2 Å². The Bertz CT molecular complexity index is 1230. The molecule has 3 heterocycles. The summed E-state index contributed by atoms with van der Waals surface area (Å²) < 4.78 is 19.8. The Labute approximate surface area is 184 Å². The standard InChI is InChI=1S/C24H22FN5O2/c1-15-19(28-24-29-20-6-2-3-8-21(20)32-24)7-4-13-30(15)23(31)17-10-9-16(25)14-18(17)22-26-11-5-12-27-22/h2-3,5-6,8-12,14-15,19H,4,7,13H2,1H3,(H,28,29)/t15-,19+/m0/s1. The van der Waals surface area contributed by atoms with Crippen LogP contribution in [-0.2, 0) is 0 Å². The molecule has 2 aromatic heterocycles. The number of anilines is 1. The summed E-state index contributed by atoms with van der Waals surface area (Å²) in [5.41, 5.74) is 2.26. The van der Waals surface area contributed by atoms with Gasteiger partial charge in [-0.15, -0.1) is 0 Å². The van der Waals surface area contributed by atoms with Crippen LogP contribution in [0, 0.1) is 5.82 Å². The lowest BCUT2D eigenvalue weighted by Gasteiger charge is -2.39. The van der Waals surface area contributed by atoms with Gasteiger partial charge < -0.3 is 14.6 Å². The Morgan fingerprint density at radius 3 is 2.78 bits per heavy atom. The van der Waals surface area contributed by atoms with Crippen LogP contribution in [0.4, 0.5) is 10.4 Å². The summed E-state index contributed by atoms with van der Waals surface area (Å²) >= 11 is 0. The van der Waals surface area contributed by atoms with Gasteiger partial charge in [0.25, 0.3) is 11.9 Å². The van der Waals surface area contributed by atoms with Crippen LogP contribution in [0.5, 0.6) is 0 Å². The van der Waals surface area contributed by atoms with Crippen LogP contribution in [0.3, 0.4) is 0 Å². The van der Waals surface area contributed by atoms with Gasteiger partial charge in [0.05, 0.1) is 11.6 Å². The minimum absolute atomic E-state index is 0.0300. The summed E-state index contributed by atoms with van der Waals surface area (Å²) in [6, 6.07) is 13.7. The minimum atomic E-state index is -0.439. The first-order valence-electron chi connectivity index (χ1n) is 10.6. The number of aromatic nitrogens is 3. The van der Waals surface area contributed by atoms with Gasteiger partial charge in [-0.05, 0) is 56.2 Å². The molecule has 1 saturated heterocycles. The van der Waals surface area contributed by atoms with Crippen molar-refractivity contribution in [3.63, 3.8) is 0 Å². The quantitative estimate of drug-likeness (QED) is 0.511. The zero-order valence-corrected chi connectivity index (χ0v) is 17.5. The van der Waals surface area contributed by atoms with E-state index >= 15 is 0 Å². The largest absolute Gasteiger partial charge is 0.424 e. The molecule has 5 rings (SSSR count). The number of oxazole rings is 1. The second-order valence-corrected chi connectivity index (χ2v) is 7.88. The molecule has 7 nitrogen and oxygen atoms in total. The molecule has 0 aliphatic carbocycles. The summed E-state index contributed by atoms with van der Waals surface area (Å²) in [6.45, 7) is 2.61. The van der Waals surface area contributed by atoms with Gasteiger partial charge in [-0.2, -0.15) is 4.98 Å². The lowest BCUT2D eigenvalue weighted by molar-refractivity contribution is 0.0616. The van der Waals surface area contributed by atoms with E-state index in [9.17, 15) is 9.18 Å². The highest BCUT2D eigenvalue weighted by atomic mass is 19.1. The lowest BCUT2D eigenvalue weighted by Crippen LogP contribution is -2.52. The lowest BCUT2D eigenvalue weighted by atomic mass is 9.95. The van der Waals surface area contributed by atoms with Crippen molar-refractivity contribution in [2.24, 2.45) is 0 Å². The Hall–Kier alpha value is -3.81. The van der Waals surface area contributed by atoms with E-state index in [4.69, 9.17) is 4.42 Å². The smallest absolute Gasteiger partial charge is 0.295 e. The maximum absolute atomic E-state index is 14.0. The average Bonchev–Trinajstić information content (AvgIpc) is 3.23. The molecule has 0 spiro atoms. The number of amides is 1. The van der Waals surface area contributed by atoms with Gasteiger partial charge >= 0.3 is 0 Å². The molecule has 32 heavy (non-hydrogen) atoms. The Morgan fingerprint density at radius 2 is 1.97 bits per heavy atom. The number of benzene rings is 2. The minimum Gasteiger partial charge on any atom is -0.424 e. The summed E-state index contributed by atoms with van der Waals surface area (Å²) in [5, 5.41) is 3.36. The third-order valence-corrected chi connectivity index (χ3v) is 5.87. The van der Waals surface area contributed by atoms with Crippen molar-refractivity contribution in [2.45, 2.75) is 31.8 Å². The zero-order chi connectivity index (χ0) is 22.1. The van der Waals surface area contributed by atoms with Crippen LogP contribution in [0.25, 0.3) is 22.5 Å². The van der Waals surface area contributed by atoms with Crippen LogP contribution in [0.2, 0.25) is 0 Å². The molecule has 162 valence electrons. The van der Waals surface area contributed by atoms with Gasteiger partial charge in [0.2, 0.25) is 0 Å². The average molecular weight is 431 g/mol. The summed E-state index contributed by atoms with van der Waals surface area (Å²) in [4.78, 5) is 28.3. The van der Waals surface area contributed by atoms with E-state index in [1.807, 2.05) is 36.1 Å². The van der Waals surface area contributed by atoms with Crippen LogP contribution in [-0.4, -0.2) is 44.4 Å². The number of carbonyl (C=O) groups excluding carboxylic acids is 1. The molecule has 1 amide bonds. The zero-order valence-electron chi connectivity index (χ0n) is 17.5. The summed E-state index contributed by atoms with van der Waals surface area (Å²) in [6.07, 6.45) is 4.85. The number of rotatable bonds is 4. The molecule has 2 aromatic carbocycles. The second-order valence-electron chi connectivity index (χ2n) is 7.88. The van der Waals surface area contributed by atoms with Crippen molar-refractivity contribution in [1.29, 1.82) is 0 Å². The number of nitrogens with zero attached hydrogens (tertiary/aromatic N) is 4. The number of hydrogen-bond donors (Lipinski definition) is 1. The van der Waals surface area contributed by atoms with Gasteiger partial charge in [0.1, 0.15) is 11.3 Å². The molecule has 1 fully saturated rings. The number of likely N-dealkylation sites (tertiary alicyclic amines) is 1. The fourth-order valence-corrected chi connectivity index (χ4v) is 4.20. The first-order valence-corrected chi connectivity index (χ1v) is 10.6. The Kier molecular flexibility index (Phi) is 5.26. The maximum atomic E-state index is 14.0. The van der Waals surface area contributed by atoms with Crippen LogP contribution < -0.4 is 5.32 Å². The van der Waals surface area contributed by atoms with Gasteiger partial charge in [0.15, 0.2) is 11.4 Å². The fraction of sp³-hybridized carbons (Fsp3) is 0.250. The Morgan fingerprint density at radius 1 is 1.16 bits per heavy atom. The van der Waals surface area contributed by atoms with Crippen LogP contribution >= 0.6 is 0 Å². The molecule has 1 N–H and O–H groups in total. The highest BCUT2D eigenvalue weighted by Crippen LogP contribution is 2.28. The summed E-state index contributed by atoms with van der Waals surface area (Å²) in [7, 11) is 0. The van der Waals surface area contributed by atoms with E-state index < -0.39 is 5.82 Å². The van der Waals surface area contributed by atoms with Gasteiger partial charge in [-0.1, -0.05) is 12.1 Å². The number of halogens is 1. The number of carbonyl (C=O) groups is 1. The fourth-order valence-electron chi connectivity index (χ4n) is 4.20. The van der Waals surface area contributed by atoms with Gasteiger partial charge in [-0.3, -0.25) is 4.79 Å². The highest BCUT2D eigenvalue weighted by Gasteiger charge is 2.33. The predicted molar refractivity (Wildman–Crippen MR) is 119 cm³/mol. The van der Waals surface area contributed by atoms with E-state index in [1.54, 1.807) is 18.5 Å². The second kappa shape index (κ2) is 8.37. The predicted octanol–water partition coefficient (Wildman–Crippen LogP) is 4.53. The SMILES string of the molecule is C[C@H]1[C@H](Nc2nc3ccccc3o2)CCCN1C(=O)c1ccc(F)cc1-c1ncccn1. The van der Waals surface area contributed by atoms with E-state index in [0.29, 0.717) is 35.1 Å². The number of fused-ring (bicyclic) bond motifs is 1. The first-order chi connectivity index (χ1) is 15.6. The van der Waals surface area contributed by atoms with Crippen molar-refractivity contribution >= 4 is 23.0 Å². The Balaban J connectivity index is 1.41. The summed E-state index contributed by atoms with van der Waals surface area (Å²) in [5.74, 6) is -0.295. The topological polar surface area (TPSA) is 84.2 Å². The molecular formula is C24H22FN5O2. The molecular weight excluding hydrogens is 409 g/mol. The molecule has 1 aliphatic heterocycles. The van der Waals surface area contributed by atoms with Crippen molar-refractivity contribution in [3.8, 4) is 11.4 Å². The van der Waals surface area contributed by atoms with Crippen molar-refractivity contribution < 1.29 is 13.6 Å². The molecule has 4 aromatic rings. The van der Waals surface area contributed by atoms with Crippen LogP contribution in [0.1, 0.15) is 30.1 Å². The number of para-hydroxylation sites is 2. The van der Waals surface area contributed by atoms with Gasteiger partial charge in [0, 0.05) is 30.5 Å². The number of nitrogens with one attached hydrogen (secondary N) is 1. The van der Waals surface area contributed by atoms with Gasteiger partial charge in [-0.25, -0.2) is 14.4 Å². The monoisotopic (exact) mass is 431 g/mol. The van der Waals surface area contributed by atoms with E-state index in [0.717, 1.165) is 18.4 Å². The third-order valence-electron chi connectivity index (χ3n) is 5.87. The molecule has 1 aliphatic rings. The van der Waals surface area contributed by atoms with Crippen molar-refractivity contribution in [3.05, 3.63) is 72.3 Å². The molecule has 0 radical (unpaired) electrons. The number of piperidine rings is 1. The normalized spacial score (nSPS) is 18.6. The molecule has 0 saturated carbocycles. The molecule has 0 bridgehead atoms. The third kappa shape index (κ3) is 3.79. The highest BCUT2D eigenvalue weighted by molar-refractivity contribution is 6.00. The molecule has 8 heteroatoms. The van der Waals surface area contributed by atoms with E-state index in [2.05, 4.69) is 20.3 Å². The molecule has 2 atom stereocenters. The van der Waals surface area contributed by atoms with Crippen LogP contribution in [0.15, 0.2) is 65.3 Å². The molecule has 0 unspecified atom stereocenters. The number of hydrogen-bond acceptors (Lipinski definition) is 6. The van der Waals surface area contributed by atoms with Crippen molar-refractivity contribution in [2.75, 3.05) is 11.9 Å². The first kappa shape index (κ1) is 20.1.